The van der Waals surface area contributed by atoms with E-state index in [1.807, 2.05) is 30.3 Å². The van der Waals surface area contributed by atoms with Gasteiger partial charge in [-0.2, -0.15) is 0 Å². The quantitative estimate of drug-likeness (QED) is 0.876. The molecule has 1 aromatic rings. The molecule has 2 rings (SSSR count). The molecule has 1 heterocycles. The summed E-state index contributed by atoms with van der Waals surface area (Å²) in [6.07, 6.45) is -0.220. The number of alkyl carbamates (subject to hydrolysis) is 1. The van der Waals surface area contributed by atoms with Gasteiger partial charge in [0.05, 0.1) is 12.6 Å². The Kier molecular flexibility index (Phi) is 4.30. The lowest BCUT2D eigenvalue weighted by atomic mass is 10.1. The first kappa shape index (κ1) is 12.6. The van der Waals surface area contributed by atoms with Crippen molar-refractivity contribution in [3.05, 3.63) is 35.9 Å². The molecule has 0 radical (unpaired) electrons. The number of amides is 1. The highest BCUT2D eigenvalue weighted by atomic mass is 16.5. The molecular formula is C13H15NO4. The Bertz CT molecular complexity index is 418. The maximum atomic E-state index is 11.5. The second-order valence-electron chi connectivity index (χ2n) is 4.16. The van der Waals surface area contributed by atoms with Crippen molar-refractivity contribution in [3.8, 4) is 0 Å². The number of carbonyl (C=O) groups is 2. The number of benzene rings is 1. The molecular weight excluding hydrogens is 234 g/mol. The molecule has 0 bridgehead atoms. The van der Waals surface area contributed by atoms with Crippen molar-refractivity contribution < 1.29 is 19.1 Å². The van der Waals surface area contributed by atoms with E-state index in [1.165, 1.54) is 0 Å². The largest absolute Gasteiger partial charge is 0.445 e. The highest BCUT2D eigenvalue weighted by molar-refractivity contribution is 5.81. The number of rotatable bonds is 3. The Hall–Kier alpha value is -1.88. The molecule has 0 aliphatic carbocycles. The topological polar surface area (TPSA) is 64.6 Å². The predicted octanol–water partition coefficient (Wildman–Crippen LogP) is 1.27. The first-order valence-electron chi connectivity index (χ1n) is 5.80. The van der Waals surface area contributed by atoms with Gasteiger partial charge in [0.1, 0.15) is 13.2 Å². The van der Waals surface area contributed by atoms with E-state index in [1.54, 1.807) is 0 Å². The van der Waals surface area contributed by atoms with Crippen LogP contribution in [0.25, 0.3) is 0 Å². The first-order chi connectivity index (χ1) is 8.74. The molecule has 1 aromatic carbocycles. The van der Waals surface area contributed by atoms with Crippen LogP contribution in [0.3, 0.4) is 0 Å². The second-order valence-corrected chi connectivity index (χ2v) is 4.16. The number of carbonyl (C=O) groups excluding carboxylic acids is 2. The maximum Gasteiger partial charge on any atom is 0.407 e. The fourth-order valence-corrected chi connectivity index (χ4v) is 1.73. The van der Waals surface area contributed by atoms with E-state index < -0.39 is 6.09 Å². The van der Waals surface area contributed by atoms with Crippen LogP contribution in [0.4, 0.5) is 4.79 Å². The number of nitrogens with one attached hydrogen (secondary N) is 1. The zero-order valence-corrected chi connectivity index (χ0v) is 9.93. The van der Waals surface area contributed by atoms with Crippen LogP contribution >= 0.6 is 0 Å². The summed E-state index contributed by atoms with van der Waals surface area (Å²) in [5.74, 6) is -0.00499. The van der Waals surface area contributed by atoms with Gasteiger partial charge < -0.3 is 14.8 Å². The molecule has 1 aliphatic heterocycles. The summed E-state index contributed by atoms with van der Waals surface area (Å²) < 4.78 is 10.1. The maximum absolute atomic E-state index is 11.5. The average Bonchev–Trinajstić information content (AvgIpc) is 2.38. The van der Waals surface area contributed by atoms with E-state index in [0.717, 1.165) is 5.56 Å². The number of hydrogen-bond acceptors (Lipinski definition) is 4. The molecule has 1 aliphatic rings. The van der Waals surface area contributed by atoms with Crippen LogP contribution < -0.4 is 5.32 Å². The second kappa shape index (κ2) is 6.16. The van der Waals surface area contributed by atoms with Crippen molar-refractivity contribution >= 4 is 11.9 Å². The van der Waals surface area contributed by atoms with Crippen LogP contribution in [0.2, 0.25) is 0 Å². The van der Waals surface area contributed by atoms with Gasteiger partial charge in [0.25, 0.3) is 0 Å². The van der Waals surface area contributed by atoms with Crippen molar-refractivity contribution in [3.63, 3.8) is 0 Å². The van der Waals surface area contributed by atoms with Crippen LogP contribution in [-0.2, 0) is 20.9 Å². The lowest BCUT2D eigenvalue weighted by Crippen LogP contribution is -2.43. The third-order valence-corrected chi connectivity index (χ3v) is 2.59. The predicted molar refractivity (Wildman–Crippen MR) is 64.0 cm³/mol. The number of hydrogen-bond donors (Lipinski definition) is 1. The van der Waals surface area contributed by atoms with E-state index in [0.29, 0.717) is 13.0 Å². The minimum absolute atomic E-state index is 0.00499. The molecule has 1 N–H and O–H groups in total. The first-order valence-corrected chi connectivity index (χ1v) is 5.80. The number of ether oxygens (including phenoxy) is 2. The van der Waals surface area contributed by atoms with Gasteiger partial charge >= 0.3 is 6.09 Å². The van der Waals surface area contributed by atoms with Crippen molar-refractivity contribution in [2.75, 3.05) is 13.2 Å². The molecule has 1 saturated heterocycles. The summed E-state index contributed by atoms with van der Waals surface area (Å²) in [4.78, 5) is 22.6. The summed E-state index contributed by atoms with van der Waals surface area (Å²) in [5.41, 5.74) is 0.920. The van der Waals surface area contributed by atoms with Crippen molar-refractivity contribution in [1.29, 1.82) is 0 Å². The summed E-state index contributed by atoms with van der Waals surface area (Å²) in [7, 11) is 0. The van der Waals surface area contributed by atoms with Gasteiger partial charge in [-0.05, 0) is 5.56 Å². The van der Waals surface area contributed by atoms with Crippen LogP contribution in [0.1, 0.15) is 12.0 Å². The SMILES string of the molecule is O=C1COCC(NC(=O)OCc2ccccc2)C1. The van der Waals surface area contributed by atoms with Gasteiger partial charge in [0.2, 0.25) is 0 Å². The van der Waals surface area contributed by atoms with Gasteiger partial charge in [0.15, 0.2) is 5.78 Å². The Morgan fingerprint density at radius 1 is 1.39 bits per heavy atom. The smallest absolute Gasteiger partial charge is 0.407 e. The van der Waals surface area contributed by atoms with E-state index in [2.05, 4.69) is 5.32 Å². The fraction of sp³-hybridized carbons (Fsp3) is 0.385. The van der Waals surface area contributed by atoms with Gasteiger partial charge in [-0.15, -0.1) is 0 Å². The summed E-state index contributed by atoms with van der Waals surface area (Å²) in [6, 6.07) is 9.12. The standard InChI is InChI=1S/C13H15NO4/c15-12-6-11(8-17-9-12)14-13(16)18-7-10-4-2-1-3-5-10/h1-5,11H,6-9H2,(H,14,16). The van der Waals surface area contributed by atoms with Gasteiger partial charge in [-0.1, -0.05) is 30.3 Å². The van der Waals surface area contributed by atoms with Gasteiger partial charge in [-0.3, -0.25) is 4.79 Å². The molecule has 0 spiro atoms. The Balaban J connectivity index is 1.73. The Morgan fingerprint density at radius 3 is 2.89 bits per heavy atom. The van der Waals surface area contributed by atoms with Crippen LogP contribution in [0.5, 0.6) is 0 Å². The molecule has 0 saturated carbocycles. The van der Waals surface area contributed by atoms with E-state index >= 15 is 0 Å². The molecule has 18 heavy (non-hydrogen) atoms. The van der Waals surface area contributed by atoms with E-state index in [-0.39, 0.29) is 25.0 Å². The van der Waals surface area contributed by atoms with Crippen LogP contribution in [-0.4, -0.2) is 31.1 Å². The highest BCUT2D eigenvalue weighted by Crippen LogP contribution is 2.04. The molecule has 5 nitrogen and oxygen atoms in total. The Morgan fingerprint density at radius 2 is 2.17 bits per heavy atom. The van der Waals surface area contributed by atoms with Gasteiger partial charge in [-0.25, -0.2) is 4.79 Å². The highest BCUT2D eigenvalue weighted by Gasteiger charge is 2.21. The third kappa shape index (κ3) is 3.85. The number of Topliss-reactive ketones (excluding diaryl/α,β-unsaturated/α-hetero) is 1. The van der Waals surface area contributed by atoms with Gasteiger partial charge in [0, 0.05) is 6.42 Å². The molecule has 96 valence electrons. The molecule has 5 heteroatoms. The molecule has 1 atom stereocenters. The zero-order valence-electron chi connectivity index (χ0n) is 9.93. The average molecular weight is 249 g/mol. The summed E-state index contributed by atoms with van der Waals surface area (Å²) in [5, 5.41) is 2.61. The monoisotopic (exact) mass is 249 g/mol. The number of ketones is 1. The molecule has 1 amide bonds. The summed E-state index contributed by atoms with van der Waals surface area (Å²) >= 11 is 0. The fourth-order valence-electron chi connectivity index (χ4n) is 1.73. The normalized spacial score (nSPS) is 19.3. The zero-order chi connectivity index (χ0) is 12.8. The molecule has 1 fully saturated rings. The minimum Gasteiger partial charge on any atom is -0.445 e. The Labute approximate surface area is 105 Å². The van der Waals surface area contributed by atoms with Crippen molar-refractivity contribution in [2.45, 2.75) is 19.1 Å². The van der Waals surface area contributed by atoms with E-state index in [4.69, 9.17) is 9.47 Å². The van der Waals surface area contributed by atoms with Crippen molar-refractivity contribution in [2.24, 2.45) is 0 Å². The van der Waals surface area contributed by atoms with Crippen LogP contribution in [0, 0.1) is 0 Å². The third-order valence-electron chi connectivity index (χ3n) is 2.59. The van der Waals surface area contributed by atoms with E-state index in [9.17, 15) is 9.59 Å². The lowest BCUT2D eigenvalue weighted by molar-refractivity contribution is -0.128. The summed E-state index contributed by atoms with van der Waals surface area (Å²) in [6.45, 7) is 0.706. The lowest BCUT2D eigenvalue weighted by Gasteiger charge is -2.21. The minimum atomic E-state index is -0.526. The molecule has 1 unspecified atom stereocenters. The van der Waals surface area contributed by atoms with Crippen LogP contribution in [0.15, 0.2) is 30.3 Å². The molecule has 0 aromatic heterocycles. The van der Waals surface area contributed by atoms with Crippen molar-refractivity contribution in [1.82, 2.24) is 5.32 Å².